The molecule has 2 aliphatic carbocycles. The van der Waals surface area contributed by atoms with Gasteiger partial charge in [0.25, 0.3) is 0 Å². The zero-order chi connectivity index (χ0) is 27.3. The number of hydrogen-bond acceptors (Lipinski definition) is 5. The zero-order valence-corrected chi connectivity index (χ0v) is 22.0. The van der Waals surface area contributed by atoms with Crippen LogP contribution in [0.25, 0.3) is 11.1 Å². The number of Topliss-reactive ketones (excluding diaryl/α,β-unsaturated/α-hetero) is 1. The van der Waals surface area contributed by atoms with Gasteiger partial charge in [-0.15, -0.1) is 0 Å². The Morgan fingerprint density at radius 3 is 2.46 bits per heavy atom. The van der Waals surface area contributed by atoms with E-state index in [0.29, 0.717) is 0 Å². The molecule has 3 aliphatic rings. The van der Waals surface area contributed by atoms with E-state index in [1.165, 1.54) is 0 Å². The molecule has 6 heteroatoms. The predicted molar refractivity (Wildman–Crippen MR) is 148 cm³/mol. The standard InChI is InChI=1S/C33H31N3O3/c1-20-28-15-14-27-29(23-10-6-8-21(16-23)22-9-7-11-24(17-22)32(38)39)36(2)35-31(27)33(28,18-25(19-34)30(20)37)26-12-4-3-5-13-26/h3-13,16-18,20,27-29,31,35H,14-15H2,1-2H3,(H,38,39)/t20-,27?,28-,29?,31?,33+/m0/s1. The molecule has 6 nitrogen and oxygen atoms in total. The van der Waals surface area contributed by atoms with Crippen LogP contribution in [0.5, 0.6) is 0 Å². The second-order valence-corrected chi connectivity index (χ2v) is 11.1. The summed E-state index contributed by atoms with van der Waals surface area (Å²) in [7, 11) is 2.07. The summed E-state index contributed by atoms with van der Waals surface area (Å²) in [6.45, 7) is 1.99. The lowest BCUT2D eigenvalue weighted by Crippen LogP contribution is -2.60. The molecule has 1 saturated heterocycles. The van der Waals surface area contributed by atoms with Crippen molar-refractivity contribution >= 4 is 11.8 Å². The maximum atomic E-state index is 13.1. The Balaban J connectivity index is 1.45. The lowest BCUT2D eigenvalue weighted by molar-refractivity contribution is -0.122. The fourth-order valence-corrected chi connectivity index (χ4v) is 7.59. The van der Waals surface area contributed by atoms with Crippen molar-refractivity contribution in [3.8, 4) is 17.2 Å². The summed E-state index contributed by atoms with van der Waals surface area (Å²) in [6.07, 6.45) is 3.83. The highest BCUT2D eigenvalue weighted by Gasteiger charge is 2.60. The average Bonchev–Trinajstić information content (AvgIpc) is 3.31. The van der Waals surface area contributed by atoms with Crippen LogP contribution in [-0.4, -0.2) is 35.0 Å². The first kappa shape index (κ1) is 25.2. The number of nitrogens with zero attached hydrogens (tertiary/aromatic N) is 2. The molecule has 0 aromatic heterocycles. The highest BCUT2D eigenvalue weighted by molar-refractivity contribution is 6.02. The minimum atomic E-state index is -0.941. The van der Waals surface area contributed by atoms with Gasteiger partial charge in [-0.3, -0.25) is 10.2 Å². The molecule has 196 valence electrons. The largest absolute Gasteiger partial charge is 0.478 e. The molecule has 0 spiro atoms. The van der Waals surface area contributed by atoms with Crippen molar-refractivity contribution in [2.45, 2.75) is 37.3 Å². The summed E-state index contributed by atoms with van der Waals surface area (Å²) >= 11 is 0. The Morgan fingerprint density at radius 2 is 1.74 bits per heavy atom. The molecular formula is C33H31N3O3. The number of allylic oxidation sites excluding steroid dienone is 1. The first-order valence-electron chi connectivity index (χ1n) is 13.5. The summed E-state index contributed by atoms with van der Waals surface area (Å²) in [4.78, 5) is 24.7. The van der Waals surface area contributed by atoms with Crippen molar-refractivity contribution < 1.29 is 14.7 Å². The van der Waals surface area contributed by atoms with Crippen LogP contribution < -0.4 is 5.43 Å². The second-order valence-electron chi connectivity index (χ2n) is 11.1. The number of carboxylic acids is 1. The van der Waals surface area contributed by atoms with Crippen molar-refractivity contribution in [3.63, 3.8) is 0 Å². The molecule has 3 aromatic carbocycles. The molecule has 0 bridgehead atoms. The molecule has 2 fully saturated rings. The Bertz CT molecular complexity index is 1520. The number of benzene rings is 3. The van der Waals surface area contributed by atoms with E-state index in [4.69, 9.17) is 0 Å². The van der Waals surface area contributed by atoms with Crippen LogP contribution in [0.4, 0.5) is 0 Å². The summed E-state index contributed by atoms with van der Waals surface area (Å²) in [5.41, 5.74) is 7.97. The number of carboxylic acid groups (broad SMARTS) is 1. The minimum Gasteiger partial charge on any atom is -0.478 e. The van der Waals surface area contributed by atoms with Crippen molar-refractivity contribution in [2.75, 3.05) is 7.05 Å². The fraction of sp³-hybridized carbons (Fsp3) is 0.303. The third-order valence-electron chi connectivity index (χ3n) is 9.26. The number of aromatic carboxylic acids is 1. The first-order chi connectivity index (χ1) is 18.8. The van der Waals surface area contributed by atoms with Gasteiger partial charge in [0.15, 0.2) is 5.78 Å². The number of carbonyl (C=O) groups is 2. The number of hydrazine groups is 1. The van der Waals surface area contributed by atoms with Gasteiger partial charge in [-0.1, -0.05) is 73.7 Å². The van der Waals surface area contributed by atoms with Gasteiger partial charge in [0.2, 0.25) is 0 Å². The van der Waals surface area contributed by atoms with Gasteiger partial charge < -0.3 is 5.11 Å². The Morgan fingerprint density at radius 1 is 1.03 bits per heavy atom. The molecule has 1 aliphatic heterocycles. The number of nitrogens with one attached hydrogen (secondary N) is 1. The predicted octanol–water partition coefficient (Wildman–Crippen LogP) is 5.54. The fourth-order valence-electron chi connectivity index (χ4n) is 7.59. The van der Waals surface area contributed by atoms with E-state index in [0.717, 1.165) is 35.1 Å². The van der Waals surface area contributed by atoms with Crippen LogP contribution in [0, 0.1) is 29.1 Å². The molecule has 1 heterocycles. The molecule has 0 radical (unpaired) electrons. The monoisotopic (exact) mass is 517 g/mol. The SMILES string of the molecule is C[C@@H]1C(=O)C(C#N)=C[C@]2(c3ccccc3)C3NN(C)C(c4cccc(-c5cccc(C(=O)O)c5)c4)C3CC[C@@H]12. The van der Waals surface area contributed by atoms with E-state index in [1.807, 2.05) is 49.4 Å². The molecule has 3 unspecified atom stereocenters. The van der Waals surface area contributed by atoms with E-state index in [1.54, 1.807) is 18.2 Å². The van der Waals surface area contributed by atoms with Gasteiger partial charge >= 0.3 is 5.97 Å². The molecule has 0 amide bonds. The molecule has 39 heavy (non-hydrogen) atoms. The van der Waals surface area contributed by atoms with Gasteiger partial charge in [-0.2, -0.15) is 5.26 Å². The number of hydrogen-bond donors (Lipinski definition) is 2. The minimum absolute atomic E-state index is 0.00606. The maximum absolute atomic E-state index is 13.1. The topological polar surface area (TPSA) is 93.4 Å². The van der Waals surface area contributed by atoms with Gasteiger partial charge in [-0.05, 0) is 65.1 Å². The van der Waals surface area contributed by atoms with Crippen LogP contribution in [0.2, 0.25) is 0 Å². The van der Waals surface area contributed by atoms with Crippen LogP contribution in [-0.2, 0) is 10.2 Å². The average molecular weight is 518 g/mol. The lowest BCUT2D eigenvalue weighted by Gasteiger charge is -2.53. The zero-order valence-electron chi connectivity index (χ0n) is 22.0. The van der Waals surface area contributed by atoms with Crippen molar-refractivity contribution in [1.82, 2.24) is 10.4 Å². The number of ketones is 1. The summed E-state index contributed by atoms with van der Waals surface area (Å²) in [5.74, 6) is -0.892. The maximum Gasteiger partial charge on any atom is 0.335 e. The summed E-state index contributed by atoms with van der Waals surface area (Å²) < 4.78 is 0. The number of nitriles is 1. The third-order valence-corrected chi connectivity index (χ3v) is 9.26. The smallest absolute Gasteiger partial charge is 0.335 e. The van der Waals surface area contributed by atoms with E-state index in [2.05, 4.69) is 47.8 Å². The number of rotatable bonds is 4. The number of carbonyl (C=O) groups excluding carboxylic acids is 1. The summed E-state index contributed by atoms with van der Waals surface area (Å²) in [5, 5.41) is 21.6. The van der Waals surface area contributed by atoms with Gasteiger partial charge in [0.1, 0.15) is 6.07 Å². The van der Waals surface area contributed by atoms with Crippen molar-refractivity contribution in [3.05, 3.63) is 107 Å². The van der Waals surface area contributed by atoms with E-state index in [-0.39, 0.29) is 46.8 Å². The van der Waals surface area contributed by atoms with Crippen LogP contribution in [0.15, 0.2) is 90.5 Å². The normalized spacial score (nSPS) is 30.1. The molecule has 2 N–H and O–H groups in total. The van der Waals surface area contributed by atoms with Crippen LogP contribution in [0.3, 0.4) is 0 Å². The first-order valence-corrected chi connectivity index (χ1v) is 13.5. The second kappa shape index (κ2) is 9.60. The third kappa shape index (κ3) is 3.93. The van der Waals surface area contributed by atoms with Gasteiger partial charge in [0.05, 0.1) is 17.2 Å². The van der Waals surface area contributed by atoms with E-state index < -0.39 is 11.4 Å². The van der Waals surface area contributed by atoms with Crippen molar-refractivity contribution in [1.29, 1.82) is 5.26 Å². The molecule has 6 atom stereocenters. The summed E-state index contributed by atoms with van der Waals surface area (Å²) in [6, 6.07) is 28.0. The Hall–Kier alpha value is -4.05. The number of fused-ring (bicyclic) bond motifs is 3. The van der Waals surface area contributed by atoms with Crippen LogP contribution >= 0.6 is 0 Å². The van der Waals surface area contributed by atoms with E-state index in [9.17, 15) is 20.0 Å². The quantitative estimate of drug-likeness (QED) is 0.472. The van der Waals surface area contributed by atoms with Gasteiger partial charge in [0, 0.05) is 24.4 Å². The molecule has 6 rings (SSSR count). The van der Waals surface area contributed by atoms with Crippen LogP contribution in [0.1, 0.15) is 47.3 Å². The molecule has 3 aromatic rings. The highest BCUT2D eigenvalue weighted by Crippen LogP contribution is 2.58. The molecule has 1 saturated carbocycles. The molecular weight excluding hydrogens is 486 g/mol. The van der Waals surface area contributed by atoms with Gasteiger partial charge in [-0.25, -0.2) is 9.80 Å². The van der Waals surface area contributed by atoms with E-state index >= 15 is 0 Å². The Kier molecular flexibility index (Phi) is 6.22. The van der Waals surface area contributed by atoms with Crippen molar-refractivity contribution in [2.24, 2.45) is 17.8 Å². The highest BCUT2D eigenvalue weighted by atomic mass is 16.4. The lowest BCUT2D eigenvalue weighted by atomic mass is 9.50. The Labute approximate surface area is 228 Å².